The Hall–Kier alpha value is -1.02. The summed E-state index contributed by atoms with van der Waals surface area (Å²) in [6.07, 6.45) is -5.73. The molecule has 0 N–H and O–H groups in total. The predicted molar refractivity (Wildman–Crippen MR) is 53.4 cm³/mol. The zero-order chi connectivity index (χ0) is 13.3. The van der Waals surface area contributed by atoms with Crippen molar-refractivity contribution in [3.63, 3.8) is 0 Å². The molecule has 1 atom stereocenters. The summed E-state index contributed by atoms with van der Waals surface area (Å²) >= 11 is 0. The first-order chi connectivity index (χ1) is 7.60. The second-order valence-corrected chi connectivity index (χ2v) is 5.64. The molecule has 0 fully saturated rings. The summed E-state index contributed by atoms with van der Waals surface area (Å²) in [5.41, 5.74) is 0. The zero-order valence-corrected chi connectivity index (χ0v) is 9.97. The number of pyridine rings is 1. The molecule has 1 aromatic heterocycles. The van der Waals surface area contributed by atoms with E-state index < -0.39 is 21.3 Å². The number of rotatable bonds is 3. The highest BCUT2D eigenvalue weighted by atomic mass is 35.7. The molecule has 17 heavy (non-hydrogen) atoms. The molecule has 0 saturated carbocycles. The van der Waals surface area contributed by atoms with Gasteiger partial charge in [-0.2, -0.15) is 13.2 Å². The fraction of sp³-hybridized carbons (Fsp3) is 0.375. The van der Waals surface area contributed by atoms with Crippen molar-refractivity contribution in [3.05, 3.63) is 18.3 Å². The maximum atomic E-state index is 12.1. The summed E-state index contributed by atoms with van der Waals surface area (Å²) in [7, 11) is 1.06. The van der Waals surface area contributed by atoms with E-state index in [1.54, 1.807) is 0 Å². The van der Waals surface area contributed by atoms with Gasteiger partial charge in [-0.15, -0.1) is 0 Å². The Bertz CT molecular complexity index is 486. The van der Waals surface area contributed by atoms with E-state index in [0.29, 0.717) is 0 Å². The molecular weight excluding hydrogens is 283 g/mol. The third-order valence-corrected chi connectivity index (χ3v) is 3.09. The molecule has 96 valence electrons. The Kier molecular flexibility index (Phi) is 3.88. The van der Waals surface area contributed by atoms with Gasteiger partial charge in [0.25, 0.3) is 9.05 Å². The lowest BCUT2D eigenvalue weighted by molar-refractivity contribution is -0.190. The molecule has 0 aromatic carbocycles. The number of hydrogen-bond donors (Lipinski definition) is 0. The Labute approximate surface area is 99.8 Å². The first-order valence-corrected chi connectivity index (χ1v) is 6.56. The summed E-state index contributed by atoms with van der Waals surface area (Å²) < 4.78 is 62.5. The molecule has 1 aromatic rings. The Balaban J connectivity index is 2.83. The van der Waals surface area contributed by atoms with E-state index in [0.717, 1.165) is 25.3 Å². The van der Waals surface area contributed by atoms with Crippen molar-refractivity contribution in [2.45, 2.75) is 24.1 Å². The maximum Gasteiger partial charge on any atom is 0.425 e. The van der Waals surface area contributed by atoms with Gasteiger partial charge >= 0.3 is 6.18 Å². The molecule has 0 aliphatic heterocycles. The van der Waals surface area contributed by atoms with Crippen LogP contribution in [0.15, 0.2) is 23.2 Å². The van der Waals surface area contributed by atoms with Crippen LogP contribution in [-0.4, -0.2) is 25.7 Å². The number of halogens is 4. The van der Waals surface area contributed by atoms with E-state index >= 15 is 0 Å². The van der Waals surface area contributed by atoms with Crippen LogP contribution in [0, 0.1) is 0 Å². The van der Waals surface area contributed by atoms with Crippen LogP contribution in [0.5, 0.6) is 5.88 Å². The normalized spacial score (nSPS) is 14.4. The lowest BCUT2D eigenvalue weighted by atomic mass is 10.4. The van der Waals surface area contributed by atoms with Crippen LogP contribution in [0.25, 0.3) is 0 Å². The van der Waals surface area contributed by atoms with E-state index in [2.05, 4.69) is 9.72 Å². The topological polar surface area (TPSA) is 56.3 Å². The average Bonchev–Trinajstić information content (AvgIpc) is 2.15. The summed E-state index contributed by atoms with van der Waals surface area (Å²) in [6.45, 7) is 0.813. The quantitative estimate of drug-likeness (QED) is 0.802. The minimum Gasteiger partial charge on any atom is -0.465 e. The zero-order valence-electron chi connectivity index (χ0n) is 8.40. The molecule has 0 amide bonds. The van der Waals surface area contributed by atoms with Crippen LogP contribution >= 0.6 is 10.7 Å². The fourth-order valence-electron chi connectivity index (χ4n) is 0.829. The predicted octanol–water partition coefficient (Wildman–Crippen LogP) is 2.34. The second-order valence-electron chi connectivity index (χ2n) is 3.07. The molecule has 1 unspecified atom stereocenters. The minimum absolute atomic E-state index is 0.314. The van der Waals surface area contributed by atoms with Crippen molar-refractivity contribution < 1.29 is 26.3 Å². The molecule has 0 radical (unpaired) electrons. The van der Waals surface area contributed by atoms with Crippen molar-refractivity contribution >= 4 is 19.7 Å². The van der Waals surface area contributed by atoms with E-state index in [-0.39, 0.29) is 10.8 Å². The molecule has 0 aliphatic rings. The van der Waals surface area contributed by atoms with Crippen molar-refractivity contribution in [1.29, 1.82) is 0 Å². The highest BCUT2D eigenvalue weighted by Gasteiger charge is 2.38. The van der Waals surface area contributed by atoms with Crippen molar-refractivity contribution in [3.8, 4) is 5.88 Å². The molecule has 9 heteroatoms. The first-order valence-electron chi connectivity index (χ1n) is 4.25. The minimum atomic E-state index is -4.51. The van der Waals surface area contributed by atoms with Crippen LogP contribution < -0.4 is 4.74 Å². The van der Waals surface area contributed by atoms with Gasteiger partial charge < -0.3 is 4.74 Å². The van der Waals surface area contributed by atoms with Crippen molar-refractivity contribution in [2.24, 2.45) is 0 Å². The van der Waals surface area contributed by atoms with Gasteiger partial charge in [0.05, 0.1) is 6.20 Å². The van der Waals surface area contributed by atoms with Gasteiger partial charge in [-0.05, 0) is 13.0 Å². The lowest BCUT2D eigenvalue weighted by Crippen LogP contribution is -2.31. The molecule has 1 heterocycles. The van der Waals surface area contributed by atoms with Gasteiger partial charge in [0.2, 0.25) is 5.88 Å². The van der Waals surface area contributed by atoms with E-state index in [4.69, 9.17) is 10.7 Å². The number of hydrogen-bond acceptors (Lipinski definition) is 4. The average molecular weight is 290 g/mol. The monoisotopic (exact) mass is 289 g/mol. The van der Waals surface area contributed by atoms with E-state index in [9.17, 15) is 21.6 Å². The van der Waals surface area contributed by atoms with Gasteiger partial charge in [0.15, 0.2) is 6.10 Å². The first kappa shape index (κ1) is 14.0. The van der Waals surface area contributed by atoms with Gasteiger partial charge in [0.1, 0.15) is 4.90 Å². The molecular formula is C8H7ClF3NO3S. The van der Waals surface area contributed by atoms with Gasteiger partial charge in [-0.3, -0.25) is 0 Å². The largest absolute Gasteiger partial charge is 0.465 e. The molecule has 0 spiro atoms. The Morgan fingerprint density at radius 1 is 1.41 bits per heavy atom. The fourth-order valence-corrected chi connectivity index (χ4v) is 1.51. The van der Waals surface area contributed by atoms with Crippen LogP contribution in [0.4, 0.5) is 13.2 Å². The second kappa shape index (κ2) is 4.69. The summed E-state index contributed by atoms with van der Waals surface area (Å²) in [4.78, 5) is 3.10. The number of ether oxygens (including phenoxy) is 1. The van der Waals surface area contributed by atoms with Crippen molar-refractivity contribution in [2.75, 3.05) is 0 Å². The van der Waals surface area contributed by atoms with E-state index in [1.807, 2.05) is 0 Å². The van der Waals surface area contributed by atoms with Crippen molar-refractivity contribution in [1.82, 2.24) is 4.98 Å². The summed E-state index contributed by atoms with van der Waals surface area (Å²) in [6, 6.07) is 2.01. The molecule has 0 aliphatic carbocycles. The molecule has 4 nitrogen and oxygen atoms in total. The number of alkyl halides is 3. The Morgan fingerprint density at radius 3 is 2.35 bits per heavy atom. The third kappa shape index (κ3) is 4.04. The van der Waals surface area contributed by atoms with E-state index in [1.165, 1.54) is 0 Å². The van der Waals surface area contributed by atoms with Gasteiger partial charge in [-0.25, -0.2) is 13.4 Å². The highest BCUT2D eigenvalue weighted by molar-refractivity contribution is 8.13. The van der Waals surface area contributed by atoms with Gasteiger partial charge in [0, 0.05) is 16.7 Å². The highest BCUT2D eigenvalue weighted by Crippen LogP contribution is 2.24. The standard InChI is InChI=1S/C8H7ClF3NO3S/c1-5(8(10,11)12)16-7-3-2-6(4-13-7)17(9,14)15/h2-5H,1H3. The van der Waals surface area contributed by atoms with Crippen LogP contribution in [-0.2, 0) is 9.05 Å². The summed E-state index contributed by atoms with van der Waals surface area (Å²) in [5, 5.41) is 0. The Morgan fingerprint density at radius 2 is 2.00 bits per heavy atom. The molecule has 0 saturated heterocycles. The lowest BCUT2D eigenvalue weighted by Gasteiger charge is -2.16. The number of nitrogens with zero attached hydrogens (tertiary/aromatic N) is 1. The smallest absolute Gasteiger partial charge is 0.425 e. The maximum absolute atomic E-state index is 12.1. The van der Waals surface area contributed by atoms with Crippen LogP contribution in [0.2, 0.25) is 0 Å². The third-order valence-electron chi connectivity index (χ3n) is 1.75. The SMILES string of the molecule is CC(Oc1ccc(S(=O)(=O)Cl)cn1)C(F)(F)F. The molecule has 1 rings (SSSR count). The molecule has 0 bridgehead atoms. The number of aromatic nitrogens is 1. The van der Waals surface area contributed by atoms with Crippen LogP contribution in [0.1, 0.15) is 6.92 Å². The summed E-state index contributed by atoms with van der Waals surface area (Å²) in [5.74, 6) is -0.334. The van der Waals surface area contributed by atoms with Crippen LogP contribution in [0.3, 0.4) is 0 Å². The van der Waals surface area contributed by atoms with Gasteiger partial charge in [-0.1, -0.05) is 0 Å².